The molecular weight excluding hydrogens is 368 g/mol. The van der Waals surface area contributed by atoms with Crippen molar-refractivity contribution in [3.8, 4) is 11.5 Å². The van der Waals surface area contributed by atoms with E-state index in [0.717, 1.165) is 11.1 Å². The van der Waals surface area contributed by atoms with E-state index >= 15 is 0 Å². The lowest BCUT2D eigenvalue weighted by atomic mass is 9.83. The molecule has 1 aliphatic rings. The van der Waals surface area contributed by atoms with Gasteiger partial charge in [0.25, 0.3) is 0 Å². The van der Waals surface area contributed by atoms with Crippen LogP contribution >= 0.6 is 0 Å². The van der Waals surface area contributed by atoms with Crippen molar-refractivity contribution in [3.63, 3.8) is 0 Å². The van der Waals surface area contributed by atoms with E-state index in [9.17, 15) is 9.59 Å². The van der Waals surface area contributed by atoms with E-state index in [1.165, 1.54) is 0 Å². The Balaban J connectivity index is 1.79. The molecule has 2 aromatic carbocycles. The smallest absolute Gasteiger partial charge is 0.245 e. The molecule has 2 unspecified atom stereocenters. The van der Waals surface area contributed by atoms with Crippen molar-refractivity contribution < 1.29 is 19.1 Å². The summed E-state index contributed by atoms with van der Waals surface area (Å²) in [7, 11) is 3.15. The summed E-state index contributed by atoms with van der Waals surface area (Å²) in [4.78, 5) is 27.4. The predicted molar refractivity (Wildman–Crippen MR) is 111 cm³/mol. The molecule has 1 fully saturated rings. The van der Waals surface area contributed by atoms with Crippen LogP contribution in [0.25, 0.3) is 0 Å². The zero-order chi connectivity index (χ0) is 21.0. The number of likely N-dealkylation sites (tertiary alicyclic amines) is 1. The maximum Gasteiger partial charge on any atom is 0.245 e. The molecule has 0 spiro atoms. The first kappa shape index (κ1) is 20.7. The molecule has 1 heterocycles. The molecule has 0 saturated carbocycles. The lowest BCUT2D eigenvalue weighted by Gasteiger charge is -2.51. The Hall–Kier alpha value is -3.02. The van der Waals surface area contributed by atoms with Gasteiger partial charge in [0.1, 0.15) is 5.54 Å². The molecule has 0 aromatic heterocycles. The molecule has 2 atom stereocenters. The lowest BCUT2D eigenvalue weighted by molar-refractivity contribution is -0.164. The molecule has 154 valence electrons. The molecule has 3 rings (SSSR count). The van der Waals surface area contributed by atoms with Gasteiger partial charge in [-0.25, -0.2) is 0 Å². The van der Waals surface area contributed by atoms with Gasteiger partial charge in [0.2, 0.25) is 11.8 Å². The quantitative estimate of drug-likeness (QED) is 0.694. The minimum Gasteiger partial charge on any atom is -0.493 e. The average molecular weight is 396 g/mol. The van der Waals surface area contributed by atoms with Crippen LogP contribution in [-0.4, -0.2) is 36.5 Å². The first-order valence-electron chi connectivity index (χ1n) is 9.81. The number of benzene rings is 2. The van der Waals surface area contributed by atoms with E-state index in [-0.39, 0.29) is 24.4 Å². The van der Waals surface area contributed by atoms with Gasteiger partial charge in [-0.2, -0.15) is 0 Å². The standard InChI is InChI=1S/C23H28N2O4/c1-5-23(2,25-18(14-20(25)26)16-10-7-6-8-11-16)22(27)24-15-17-12-9-13-19(28-3)21(17)29-4/h6-13,18H,5,14-15H2,1-4H3,(H,24,27). The number of hydrogen-bond acceptors (Lipinski definition) is 4. The maximum absolute atomic E-state index is 13.2. The number of amides is 2. The summed E-state index contributed by atoms with van der Waals surface area (Å²) in [6, 6.07) is 15.3. The van der Waals surface area contributed by atoms with E-state index < -0.39 is 5.54 Å². The fraction of sp³-hybridized carbons (Fsp3) is 0.391. The maximum atomic E-state index is 13.2. The van der Waals surface area contributed by atoms with Gasteiger partial charge in [-0.3, -0.25) is 9.59 Å². The third kappa shape index (κ3) is 3.79. The normalized spacial score (nSPS) is 17.9. The molecule has 6 heteroatoms. The van der Waals surface area contributed by atoms with Crippen LogP contribution in [0.2, 0.25) is 0 Å². The third-order valence-electron chi connectivity index (χ3n) is 5.77. The number of nitrogens with one attached hydrogen (secondary N) is 1. The highest BCUT2D eigenvalue weighted by molar-refractivity contribution is 5.94. The second-order valence-corrected chi connectivity index (χ2v) is 7.36. The van der Waals surface area contributed by atoms with Gasteiger partial charge in [0.05, 0.1) is 26.7 Å². The van der Waals surface area contributed by atoms with Crippen molar-refractivity contribution in [2.75, 3.05) is 14.2 Å². The largest absolute Gasteiger partial charge is 0.493 e. The third-order valence-corrected chi connectivity index (χ3v) is 5.77. The molecule has 2 amide bonds. The minimum absolute atomic E-state index is 0.00249. The van der Waals surface area contributed by atoms with Gasteiger partial charge in [-0.1, -0.05) is 49.4 Å². The fourth-order valence-corrected chi connectivity index (χ4v) is 3.88. The van der Waals surface area contributed by atoms with Crippen LogP contribution in [0, 0.1) is 0 Å². The Labute approximate surface area is 171 Å². The number of carbonyl (C=O) groups excluding carboxylic acids is 2. The molecular formula is C23H28N2O4. The summed E-state index contributed by atoms with van der Waals surface area (Å²) in [6.07, 6.45) is 0.944. The second-order valence-electron chi connectivity index (χ2n) is 7.36. The zero-order valence-corrected chi connectivity index (χ0v) is 17.4. The highest BCUT2D eigenvalue weighted by Crippen LogP contribution is 2.41. The minimum atomic E-state index is -0.929. The number of para-hydroxylation sites is 1. The van der Waals surface area contributed by atoms with E-state index in [2.05, 4.69) is 5.32 Å². The van der Waals surface area contributed by atoms with Crippen LogP contribution in [0.1, 0.15) is 43.9 Å². The van der Waals surface area contributed by atoms with Gasteiger partial charge >= 0.3 is 0 Å². The van der Waals surface area contributed by atoms with Crippen molar-refractivity contribution in [2.45, 2.75) is 44.8 Å². The Morgan fingerprint density at radius 2 is 1.86 bits per heavy atom. The van der Waals surface area contributed by atoms with Gasteiger partial charge in [-0.15, -0.1) is 0 Å². The molecule has 6 nitrogen and oxygen atoms in total. The molecule has 1 N–H and O–H groups in total. The number of carbonyl (C=O) groups is 2. The van der Waals surface area contributed by atoms with E-state index in [0.29, 0.717) is 24.3 Å². The van der Waals surface area contributed by atoms with Gasteiger partial charge in [0.15, 0.2) is 11.5 Å². The average Bonchev–Trinajstić information content (AvgIpc) is 2.75. The van der Waals surface area contributed by atoms with Crippen molar-refractivity contribution >= 4 is 11.8 Å². The number of methoxy groups -OCH3 is 2. The van der Waals surface area contributed by atoms with Crippen LogP contribution in [-0.2, 0) is 16.1 Å². The van der Waals surface area contributed by atoms with Crippen LogP contribution in [0.5, 0.6) is 11.5 Å². The molecule has 0 aliphatic carbocycles. The summed E-state index contributed by atoms with van der Waals surface area (Å²) in [5, 5.41) is 2.99. The monoisotopic (exact) mass is 396 g/mol. The predicted octanol–water partition coefficient (Wildman–Crippen LogP) is 3.46. The Kier molecular flexibility index (Phi) is 6.11. The van der Waals surface area contributed by atoms with Crippen LogP contribution in [0.4, 0.5) is 0 Å². The van der Waals surface area contributed by atoms with Gasteiger partial charge < -0.3 is 19.7 Å². The fourth-order valence-electron chi connectivity index (χ4n) is 3.88. The first-order valence-corrected chi connectivity index (χ1v) is 9.81. The van der Waals surface area contributed by atoms with Gasteiger partial charge in [-0.05, 0) is 25.0 Å². The van der Waals surface area contributed by atoms with Crippen molar-refractivity contribution in [1.82, 2.24) is 10.2 Å². The van der Waals surface area contributed by atoms with E-state index in [1.807, 2.05) is 62.4 Å². The number of β-lactam (4-membered cyclic amide) rings is 1. The summed E-state index contributed by atoms with van der Waals surface area (Å²) in [5.74, 6) is 1.02. The van der Waals surface area contributed by atoms with Crippen LogP contribution in [0.3, 0.4) is 0 Å². The number of ether oxygens (including phenoxy) is 2. The number of nitrogens with zero attached hydrogens (tertiary/aromatic N) is 1. The van der Waals surface area contributed by atoms with Crippen molar-refractivity contribution in [1.29, 1.82) is 0 Å². The summed E-state index contributed by atoms with van der Waals surface area (Å²) >= 11 is 0. The molecule has 0 radical (unpaired) electrons. The Morgan fingerprint density at radius 3 is 2.45 bits per heavy atom. The first-order chi connectivity index (χ1) is 14.0. The Morgan fingerprint density at radius 1 is 1.14 bits per heavy atom. The Bertz CT molecular complexity index is 884. The molecule has 0 bridgehead atoms. The van der Waals surface area contributed by atoms with E-state index in [1.54, 1.807) is 19.1 Å². The molecule has 2 aromatic rings. The van der Waals surface area contributed by atoms with Crippen molar-refractivity contribution in [2.24, 2.45) is 0 Å². The summed E-state index contributed by atoms with van der Waals surface area (Å²) < 4.78 is 10.8. The second kappa shape index (κ2) is 8.55. The molecule has 1 saturated heterocycles. The molecule has 29 heavy (non-hydrogen) atoms. The highest BCUT2D eigenvalue weighted by atomic mass is 16.5. The van der Waals surface area contributed by atoms with Crippen molar-refractivity contribution in [3.05, 3.63) is 59.7 Å². The number of rotatable bonds is 8. The summed E-state index contributed by atoms with van der Waals surface area (Å²) in [5.41, 5.74) is 0.935. The van der Waals surface area contributed by atoms with Crippen LogP contribution in [0.15, 0.2) is 48.5 Å². The topological polar surface area (TPSA) is 67.9 Å². The summed E-state index contributed by atoms with van der Waals surface area (Å²) in [6.45, 7) is 4.05. The van der Waals surface area contributed by atoms with Crippen LogP contribution < -0.4 is 14.8 Å². The van der Waals surface area contributed by atoms with Gasteiger partial charge in [0, 0.05) is 12.1 Å². The number of hydrogen-bond donors (Lipinski definition) is 1. The highest BCUT2D eigenvalue weighted by Gasteiger charge is 2.50. The molecule has 1 aliphatic heterocycles. The SMILES string of the molecule is CCC(C)(C(=O)NCc1cccc(OC)c1OC)N1C(=O)CC1c1ccccc1. The zero-order valence-electron chi connectivity index (χ0n) is 17.4. The lowest BCUT2D eigenvalue weighted by Crippen LogP contribution is -2.64. The van der Waals surface area contributed by atoms with E-state index in [4.69, 9.17) is 9.47 Å².